The van der Waals surface area contributed by atoms with Crippen molar-refractivity contribution in [2.45, 2.75) is 53.7 Å². The van der Waals surface area contributed by atoms with Gasteiger partial charge in [-0.05, 0) is 55.5 Å². The number of anilines is 1. The summed E-state index contributed by atoms with van der Waals surface area (Å²) in [5.41, 5.74) is 6.70. The molecule has 2 N–H and O–H groups in total. The summed E-state index contributed by atoms with van der Waals surface area (Å²) in [5, 5.41) is 3.28. The van der Waals surface area contributed by atoms with Gasteiger partial charge in [0.25, 0.3) is 5.56 Å². The fourth-order valence-electron chi connectivity index (χ4n) is 3.36. The van der Waals surface area contributed by atoms with Crippen LogP contribution < -0.4 is 15.6 Å². The molecule has 0 fully saturated rings. The van der Waals surface area contributed by atoms with E-state index in [4.69, 9.17) is 9.72 Å². The first-order chi connectivity index (χ1) is 14.0. The maximum absolute atomic E-state index is 12.3. The lowest BCUT2D eigenvalue weighted by Gasteiger charge is -2.15. The van der Waals surface area contributed by atoms with Crippen molar-refractivity contribution in [1.29, 1.82) is 0 Å². The van der Waals surface area contributed by atoms with Crippen molar-refractivity contribution in [2.75, 3.05) is 5.32 Å². The van der Waals surface area contributed by atoms with Crippen LogP contribution in [0.1, 0.15) is 47.5 Å². The number of H-pyrrole nitrogens is 1. The minimum atomic E-state index is -0.109. The number of aromatic amines is 1. The average Bonchev–Trinajstić information content (AvgIpc) is 2.73. The first-order valence-electron chi connectivity index (χ1n) is 10.1. The smallest absolute Gasteiger partial charge is 0.271 e. The van der Waals surface area contributed by atoms with Crippen molar-refractivity contribution in [1.82, 2.24) is 9.97 Å². The summed E-state index contributed by atoms with van der Waals surface area (Å²) in [7, 11) is 0. The number of rotatable bonds is 8. The predicted molar refractivity (Wildman–Crippen MR) is 118 cm³/mol. The number of benzene rings is 1. The molecule has 0 aliphatic heterocycles. The molecular formula is C24H29N3O2. The van der Waals surface area contributed by atoms with Crippen LogP contribution in [0.4, 0.5) is 5.69 Å². The summed E-state index contributed by atoms with van der Waals surface area (Å²) in [5.74, 6) is 0.607. The molecule has 5 nitrogen and oxygen atoms in total. The molecule has 0 unspecified atom stereocenters. The summed E-state index contributed by atoms with van der Waals surface area (Å²) in [6.45, 7) is 9.05. The number of hydrogen-bond acceptors (Lipinski definition) is 4. The lowest BCUT2D eigenvalue weighted by atomic mass is 10.1. The zero-order valence-electron chi connectivity index (χ0n) is 17.6. The normalized spacial score (nSPS) is 10.8. The third-order valence-electron chi connectivity index (χ3n) is 5.15. The summed E-state index contributed by atoms with van der Waals surface area (Å²) >= 11 is 0. The molecule has 0 aliphatic carbocycles. The van der Waals surface area contributed by atoms with Crippen LogP contribution in [0.5, 0.6) is 5.88 Å². The third-order valence-corrected chi connectivity index (χ3v) is 5.15. The highest BCUT2D eigenvalue weighted by Crippen LogP contribution is 2.23. The molecule has 0 atom stereocenters. The molecule has 2 heterocycles. The topological polar surface area (TPSA) is 67.0 Å². The molecule has 0 bridgehead atoms. The van der Waals surface area contributed by atoms with Crippen molar-refractivity contribution >= 4 is 5.69 Å². The highest BCUT2D eigenvalue weighted by molar-refractivity contribution is 5.46. The van der Waals surface area contributed by atoms with Gasteiger partial charge in [-0.2, -0.15) is 0 Å². The molecule has 3 rings (SSSR count). The summed E-state index contributed by atoms with van der Waals surface area (Å²) in [6, 6.07) is 14.1. The van der Waals surface area contributed by atoms with Gasteiger partial charge in [-0.25, -0.2) is 4.98 Å². The van der Waals surface area contributed by atoms with Crippen LogP contribution in [0.2, 0.25) is 0 Å². The maximum atomic E-state index is 12.3. The largest absolute Gasteiger partial charge is 0.473 e. The highest BCUT2D eigenvalue weighted by Gasteiger charge is 2.12. The molecule has 152 valence electrons. The van der Waals surface area contributed by atoms with Gasteiger partial charge < -0.3 is 15.0 Å². The molecule has 0 saturated heterocycles. The van der Waals surface area contributed by atoms with Gasteiger partial charge >= 0.3 is 0 Å². The highest BCUT2D eigenvalue weighted by atomic mass is 16.5. The number of hydrogen-bond donors (Lipinski definition) is 2. The molecule has 0 amide bonds. The Hall–Kier alpha value is -3.08. The van der Waals surface area contributed by atoms with Crippen molar-refractivity contribution in [3.63, 3.8) is 0 Å². The van der Waals surface area contributed by atoms with Gasteiger partial charge in [0.15, 0.2) is 0 Å². The fraction of sp³-hybridized carbons (Fsp3) is 0.333. The lowest BCUT2D eigenvalue weighted by molar-refractivity contribution is 0.290. The minimum Gasteiger partial charge on any atom is -0.473 e. The predicted octanol–water partition coefficient (Wildman–Crippen LogP) is 4.70. The van der Waals surface area contributed by atoms with E-state index in [0.29, 0.717) is 24.7 Å². The van der Waals surface area contributed by atoms with Gasteiger partial charge in [0, 0.05) is 23.5 Å². The van der Waals surface area contributed by atoms with Crippen LogP contribution >= 0.6 is 0 Å². The Labute approximate surface area is 172 Å². The lowest BCUT2D eigenvalue weighted by Crippen LogP contribution is -2.17. The molecule has 0 aliphatic rings. The molecule has 29 heavy (non-hydrogen) atoms. The monoisotopic (exact) mass is 391 g/mol. The molecule has 3 aromatic rings. The number of pyridine rings is 2. The van der Waals surface area contributed by atoms with Crippen molar-refractivity contribution in [2.24, 2.45) is 0 Å². The first kappa shape index (κ1) is 20.6. The Morgan fingerprint density at radius 1 is 1.00 bits per heavy atom. The molecule has 1 aromatic carbocycles. The maximum Gasteiger partial charge on any atom is 0.271 e. The van der Waals surface area contributed by atoms with Gasteiger partial charge in [-0.15, -0.1) is 0 Å². The quantitative estimate of drug-likeness (QED) is 0.584. The van der Waals surface area contributed by atoms with Crippen molar-refractivity contribution < 1.29 is 4.74 Å². The van der Waals surface area contributed by atoms with Gasteiger partial charge in [0.2, 0.25) is 5.88 Å². The van der Waals surface area contributed by atoms with Gasteiger partial charge in [-0.3, -0.25) is 4.79 Å². The Kier molecular flexibility index (Phi) is 6.70. The molecule has 5 heteroatoms. The molecule has 2 aromatic heterocycles. The summed E-state index contributed by atoms with van der Waals surface area (Å²) in [6.07, 6.45) is 1.77. The number of nitrogens with one attached hydrogen (secondary N) is 2. The third kappa shape index (κ3) is 5.05. The standard InChI is InChI=1S/C24H29N3O2/c1-5-19-12-21(14-25-22-13-20(6-2)16(3)26-23(22)28)24(27-17(19)4)29-15-18-10-8-7-9-11-18/h7-13,25H,5-6,14-15H2,1-4H3,(H,26,28). The van der Waals surface area contributed by atoms with Crippen LogP contribution in [-0.2, 0) is 26.0 Å². The molecule has 0 spiro atoms. The molecule has 0 radical (unpaired) electrons. The Morgan fingerprint density at radius 3 is 2.41 bits per heavy atom. The first-order valence-corrected chi connectivity index (χ1v) is 10.1. The van der Waals surface area contributed by atoms with Crippen LogP contribution in [-0.4, -0.2) is 9.97 Å². The number of aryl methyl sites for hydroxylation is 4. The van der Waals surface area contributed by atoms with Crippen molar-refractivity contribution in [3.05, 3.63) is 86.5 Å². The van der Waals surface area contributed by atoms with Crippen molar-refractivity contribution in [3.8, 4) is 5.88 Å². The zero-order chi connectivity index (χ0) is 20.8. The summed E-state index contributed by atoms with van der Waals surface area (Å²) < 4.78 is 6.05. The second-order valence-electron chi connectivity index (χ2n) is 7.19. The van der Waals surface area contributed by atoms with E-state index < -0.39 is 0 Å². The van der Waals surface area contributed by atoms with E-state index in [2.05, 4.69) is 30.2 Å². The molecular weight excluding hydrogens is 362 g/mol. The van der Waals surface area contributed by atoms with E-state index in [1.165, 1.54) is 5.56 Å². The van der Waals surface area contributed by atoms with Crippen LogP contribution in [0, 0.1) is 13.8 Å². The van der Waals surface area contributed by atoms with Gasteiger partial charge in [0.05, 0.1) is 0 Å². The van der Waals surface area contributed by atoms with E-state index in [-0.39, 0.29) is 5.56 Å². The Balaban J connectivity index is 1.84. The van der Waals surface area contributed by atoms with Crippen LogP contribution in [0.25, 0.3) is 0 Å². The average molecular weight is 392 g/mol. The zero-order valence-corrected chi connectivity index (χ0v) is 17.6. The van der Waals surface area contributed by atoms with E-state index in [1.54, 1.807) is 0 Å². The van der Waals surface area contributed by atoms with Crippen LogP contribution in [0.15, 0.2) is 47.3 Å². The second-order valence-corrected chi connectivity index (χ2v) is 7.19. The number of ether oxygens (including phenoxy) is 1. The van der Waals surface area contributed by atoms with Gasteiger partial charge in [-0.1, -0.05) is 44.2 Å². The Morgan fingerprint density at radius 2 is 1.72 bits per heavy atom. The second kappa shape index (κ2) is 9.41. The molecule has 0 saturated carbocycles. The van der Waals surface area contributed by atoms with E-state index in [1.807, 2.05) is 50.2 Å². The van der Waals surface area contributed by atoms with E-state index >= 15 is 0 Å². The number of aromatic nitrogens is 2. The Bertz CT molecular complexity index is 1030. The van der Waals surface area contributed by atoms with Crippen LogP contribution in [0.3, 0.4) is 0 Å². The number of nitrogens with zero attached hydrogens (tertiary/aromatic N) is 1. The minimum absolute atomic E-state index is 0.109. The summed E-state index contributed by atoms with van der Waals surface area (Å²) in [4.78, 5) is 20.0. The fourth-order valence-corrected chi connectivity index (χ4v) is 3.36. The SMILES string of the molecule is CCc1cc(CNc2cc(CC)c(C)[nH]c2=O)c(OCc2ccccc2)nc1C. The van der Waals surface area contributed by atoms with E-state index in [9.17, 15) is 4.79 Å². The van der Waals surface area contributed by atoms with E-state index in [0.717, 1.165) is 40.9 Å². The van der Waals surface area contributed by atoms with Gasteiger partial charge in [0.1, 0.15) is 12.3 Å².